The van der Waals surface area contributed by atoms with Crippen molar-refractivity contribution in [2.45, 2.75) is 25.2 Å². The molecule has 1 amide bonds. The van der Waals surface area contributed by atoms with Crippen molar-refractivity contribution in [3.8, 4) is 11.1 Å². The Morgan fingerprint density at radius 1 is 0.900 bits per heavy atom. The zero-order valence-corrected chi connectivity index (χ0v) is 16.4. The van der Waals surface area contributed by atoms with Gasteiger partial charge in [-0.15, -0.1) is 0 Å². The molecule has 0 radical (unpaired) electrons. The second kappa shape index (κ2) is 7.34. The van der Waals surface area contributed by atoms with Gasteiger partial charge in [-0.2, -0.15) is 0 Å². The number of hydrogen-bond donors (Lipinski definition) is 2. The number of aromatic carboxylic acids is 1. The van der Waals surface area contributed by atoms with Gasteiger partial charge in [0.15, 0.2) is 0 Å². The summed E-state index contributed by atoms with van der Waals surface area (Å²) in [6.45, 7) is 0.245. The molecule has 30 heavy (non-hydrogen) atoms. The molecule has 150 valence electrons. The van der Waals surface area contributed by atoms with Gasteiger partial charge in [-0.1, -0.05) is 48.5 Å². The highest BCUT2D eigenvalue weighted by Crippen LogP contribution is 2.44. The summed E-state index contributed by atoms with van der Waals surface area (Å²) in [6, 6.07) is 19.6. The van der Waals surface area contributed by atoms with Crippen LogP contribution >= 0.6 is 0 Å². The first-order valence-electron chi connectivity index (χ1n) is 10.1. The Morgan fingerprint density at radius 2 is 1.53 bits per heavy atom. The first-order valence-corrected chi connectivity index (χ1v) is 10.1. The Kier molecular flexibility index (Phi) is 4.51. The van der Waals surface area contributed by atoms with Crippen molar-refractivity contribution in [3.63, 3.8) is 0 Å². The van der Waals surface area contributed by atoms with Crippen molar-refractivity contribution in [3.05, 3.63) is 88.5 Å². The van der Waals surface area contributed by atoms with Gasteiger partial charge in [-0.05, 0) is 64.8 Å². The third-order valence-electron chi connectivity index (χ3n) is 6.10. The van der Waals surface area contributed by atoms with Crippen LogP contribution in [0.25, 0.3) is 11.1 Å². The van der Waals surface area contributed by atoms with Gasteiger partial charge >= 0.3 is 12.1 Å². The topological polar surface area (TPSA) is 75.6 Å². The van der Waals surface area contributed by atoms with Crippen molar-refractivity contribution in [1.82, 2.24) is 0 Å². The maximum absolute atomic E-state index is 12.6. The first-order chi connectivity index (χ1) is 14.6. The summed E-state index contributed by atoms with van der Waals surface area (Å²) in [7, 11) is 0. The number of hydrogen-bond acceptors (Lipinski definition) is 3. The number of fused-ring (bicyclic) bond motifs is 4. The van der Waals surface area contributed by atoms with Gasteiger partial charge in [-0.25, -0.2) is 9.59 Å². The second-order valence-corrected chi connectivity index (χ2v) is 7.73. The number of anilines is 1. The zero-order chi connectivity index (χ0) is 20.7. The number of amides is 1. The van der Waals surface area contributed by atoms with Crippen LogP contribution in [0.2, 0.25) is 0 Å². The summed E-state index contributed by atoms with van der Waals surface area (Å²) in [5.41, 5.74) is 7.39. The van der Waals surface area contributed by atoms with Crippen LogP contribution in [-0.4, -0.2) is 23.8 Å². The fourth-order valence-corrected chi connectivity index (χ4v) is 4.77. The standard InChI is InChI=1S/C25H21NO4/c27-24(28)21-12-13-23(20-11-5-10-19(20)21)26-25(29)30-14-22-17-8-3-1-6-15(17)16-7-2-4-9-18(16)22/h1-4,6-9,12-13,22H,5,10-11,14H2,(H,26,29)(H,27,28). The van der Waals surface area contributed by atoms with Crippen molar-refractivity contribution < 1.29 is 19.4 Å². The molecule has 2 aliphatic carbocycles. The van der Waals surface area contributed by atoms with E-state index >= 15 is 0 Å². The van der Waals surface area contributed by atoms with Gasteiger partial charge in [0.1, 0.15) is 6.61 Å². The highest BCUT2D eigenvalue weighted by atomic mass is 16.5. The highest BCUT2D eigenvalue weighted by Gasteiger charge is 2.29. The largest absolute Gasteiger partial charge is 0.478 e. The molecule has 0 aliphatic heterocycles. The average Bonchev–Trinajstić information content (AvgIpc) is 3.36. The molecule has 0 spiro atoms. The smallest absolute Gasteiger partial charge is 0.411 e. The van der Waals surface area contributed by atoms with Crippen LogP contribution in [0.4, 0.5) is 10.5 Å². The first kappa shape index (κ1) is 18.4. The fourth-order valence-electron chi connectivity index (χ4n) is 4.77. The van der Waals surface area contributed by atoms with E-state index in [4.69, 9.17) is 4.74 Å². The Hall–Kier alpha value is -3.60. The molecule has 5 rings (SSSR count). The average molecular weight is 399 g/mol. The lowest BCUT2D eigenvalue weighted by atomic mass is 9.98. The predicted octanol–water partition coefficient (Wildman–Crippen LogP) is 5.23. The molecule has 0 fully saturated rings. The Balaban J connectivity index is 1.33. The van der Waals surface area contributed by atoms with E-state index in [-0.39, 0.29) is 12.5 Å². The van der Waals surface area contributed by atoms with E-state index in [1.807, 2.05) is 24.3 Å². The number of carboxylic acids is 1. The number of rotatable bonds is 4. The second-order valence-electron chi connectivity index (χ2n) is 7.73. The monoisotopic (exact) mass is 399 g/mol. The molecular weight excluding hydrogens is 378 g/mol. The van der Waals surface area contributed by atoms with Crippen molar-refractivity contribution >= 4 is 17.7 Å². The van der Waals surface area contributed by atoms with Gasteiger partial charge in [0, 0.05) is 11.6 Å². The summed E-state index contributed by atoms with van der Waals surface area (Å²) in [6.07, 6.45) is 1.85. The van der Waals surface area contributed by atoms with Crippen LogP contribution in [0.15, 0.2) is 60.7 Å². The lowest BCUT2D eigenvalue weighted by molar-refractivity contribution is 0.0695. The molecule has 0 saturated carbocycles. The summed E-state index contributed by atoms with van der Waals surface area (Å²) in [5.74, 6) is -0.927. The van der Waals surface area contributed by atoms with Gasteiger partial charge in [-0.3, -0.25) is 5.32 Å². The lowest BCUT2D eigenvalue weighted by Crippen LogP contribution is -2.19. The summed E-state index contributed by atoms with van der Waals surface area (Å²) in [4.78, 5) is 24.0. The Morgan fingerprint density at radius 3 is 2.20 bits per heavy atom. The number of carbonyl (C=O) groups is 2. The number of carboxylic acid groups (broad SMARTS) is 1. The number of carbonyl (C=O) groups excluding carboxylic acids is 1. The highest BCUT2D eigenvalue weighted by molar-refractivity contribution is 5.93. The maximum atomic E-state index is 12.6. The summed E-state index contributed by atoms with van der Waals surface area (Å²) < 4.78 is 5.61. The third kappa shape index (κ3) is 3.03. The van der Waals surface area contributed by atoms with Crippen molar-refractivity contribution in [1.29, 1.82) is 0 Å². The molecule has 0 unspecified atom stereocenters. The van der Waals surface area contributed by atoms with Gasteiger partial charge in [0.05, 0.1) is 5.56 Å². The van der Waals surface area contributed by atoms with Crippen LogP contribution < -0.4 is 5.32 Å². The number of nitrogens with one attached hydrogen (secondary N) is 1. The number of ether oxygens (including phenoxy) is 1. The summed E-state index contributed by atoms with van der Waals surface area (Å²) >= 11 is 0. The van der Waals surface area contributed by atoms with E-state index in [1.54, 1.807) is 12.1 Å². The van der Waals surface area contributed by atoms with Crippen LogP contribution in [0.1, 0.15) is 45.0 Å². The Labute approximate surface area is 174 Å². The van der Waals surface area contributed by atoms with E-state index in [9.17, 15) is 14.7 Å². The van der Waals surface area contributed by atoms with Gasteiger partial charge < -0.3 is 9.84 Å². The SMILES string of the molecule is O=C(Nc1ccc(C(=O)O)c2c1CCC2)OCC1c2ccccc2-c2ccccc21. The Bertz CT molecular complexity index is 1120. The molecular formula is C25H21NO4. The van der Waals surface area contributed by atoms with Gasteiger partial charge in [0.2, 0.25) is 0 Å². The van der Waals surface area contributed by atoms with E-state index in [1.165, 1.54) is 22.3 Å². The van der Waals surface area contributed by atoms with Crippen molar-refractivity contribution in [2.75, 3.05) is 11.9 Å². The molecule has 3 aromatic rings. The lowest BCUT2D eigenvalue weighted by Gasteiger charge is -2.16. The molecule has 2 N–H and O–H groups in total. The maximum Gasteiger partial charge on any atom is 0.411 e. The number of benzene rings is 3. The van der Waals surface area contributed by atoms with Gasteiger partial charge in [0.25, 0.3) is 0 Å². The van der Waals surface area contributed by atoms with E-state index in [2.05, 4.69) is 29.6 Å². The molecule has 3 aromatic carbocycles. The van der Waals surface area contributed by atoms with Crippen LogP contribution in [0, 0.1) is 0 Å². The molecule has 5 nitrogen and oxygen atoms in total. The normalized spacial score (nSPS) is 14.0. The molecule has 0 heterocycles. The minimum Gasteiger partial charge on any atom is -0.478 e. The molecule has 0 atom stereocenters. The van der Waals surface area contributed by atoms with Crippen LogP contribution in [0.5, 0.6) is 0 Å². The molecule has 0 bridgehead atoms. The fraction of sp³-hybridized carbons (Fsp3) is 0.200. The van der Waals surface area contributed by atoms with Crippen molar-refractivity contribution in [2.24, 2.45) is 0 Å². The van der Waals surface area contributed by atoms with Crippen LogP contribution in [-0.2, 0) is 17.6 Å². The molecule has 0 saturated heterocycles. The van der Waals surface area contributed by atoms with E-state index < -0.39 is 12.1 Å². The van der Waals surface area contributed by atoms with E-state index in [0.717, 1.165) is 30.4 Å². The predicted molar refractivity (Wildman–Crippen MR) is 114 cm³/mol. The molecule has 5 heteroatoms. The van der Waals surface area contributed by atoms with Crippen LogP contribution in [0.3, 0.4) is 0 Å². The summed E-state index contributed by atoms with van der Waals surface area (Å²) in [5, 5.41) is 12.2. The van der Waals surface area contributed by atoms with E-state index in [0.29, 0.717) is 11.3 Å². The molecule has 2 aliphatic rings. The zero-order valence-electron chi connectivity index (χ0n) is 16.4. The molecule has 0 aromatic heterocycles. The minimum absolute atomic E-state index is 0.00301. The third-order valence-corrected chi connectivity index (χ3v) is 6.10. The quantitative estimate of drug-likeness (QED) is 0.629. The minimum atomic E-state index is -0.930.